The molecule has 1 aliphatic heterocycles. The SMILES string of the molecule is COC(=O)c1ccc([N+]2=C(N)c3ccccc3C2)cc1. The van der Waals surface area contributed by atoms with Gasteiger partial charge in [0.2, 0.25) is 0 Å². The first-order valence-corrected chi connectivity index (χ1v) is 6.37. The van der Waals surface area contributed by atoms with Crippen LogP contribution in [0.3, 0.4) is 0 Å². The molecule has 2 aromatic rings. The second kappa shape index (κ2) is 4.81. The lowest BCUT2D eigenvalue weighted by Crippen LogP contribution is -2.20. The Kier molecular flexibility index (Phi) is 2.99. The summed E-state index contributed by atoms with van der Waals surface area (Å²) in [6.45, 7) is 0.750. The number of methoxy groups -OCH3 is 1. The molecule has 0 amide bonds. The Morgan fingerprint density at radius 3 is 2.50 bits per heavy atom. The quantitative estimate of drug-likeness (QED) is 0.669. The molecule has 100 valence electrons. The number of carbonyl (C=O) groups excluding carboxylic acids is 1. The van der Waals surface area contributed by atoms with E-state index in [1.54, 1.807) is 12.1 Å². The monoisotopic (exact) mass is 267 g/mol. The average Bonchev–Trinajstić information content (AvgIpc) is 2.84. The molecule has 4 nitrogen and oxygen atoms in total. The van der Waals surface area contributed by atoms with Crippen LogP contribution in [0.5, 0.6) is 0 Å². The minimum Gasteiger partial charge on any atom is -0.465 e. The number of ether oxygens (including phenoxy) is 1. The van der Waals surface area contributed by atoms with Crippen molar-refractivity contribution in [3.63, 3.8) is 0 Å². The van der Waals surface area contributed by atoms with E-state index in [4.69, 9.17) is 10.5 Å². The highest BCUT2D eigenvalue weighted by Gasteiger charge is 2.25. The molecule has 2 N–H and O–H groups in total. The maximum absolute atomic E-state index is 11.4. The highest BCUT2D eigenvalue weighted by atomic mass is 16.5. The van der Waals surface area contributed by atoms with E-state index in [1.165, 1.54) is 12.7 Å². The highest BCUT2D eigenvalue weighted by molar-refractivity contribution is 5.97. The van der Waals surface area contributed by atoms with Gasteiger partial charge in [-0.3, -0.25) is 5.73 Å². The second-order valence-electron chi connectivity index (χ2n) is 4.67. The Hall–Kier alpha value is -2.62. The van der Waals surface area contributed by atoms with E-state index in [1.807, 2.05) is 34.9 Å². The third-order valence-electron chi connectivity index (χ3n) is 3.51. The molecule has 0 bridgehead atoms. The van der Waals surface area contributed by atoms with Gasteiger partial charge in [-0.2, -0.15) is 0 Å². The molecular weight excluding hydrogens is 252 g/mol. The lowest BCUT2D eigenvalue weighted by Gasteiger charge is -2.04. The number of nitrogens with zero attached hydrogens (tertiary/aromatic N) is 1. The van der Waals surface area contributed by atoms with Gasteiger partial charge in [0, 0.05) is 5.56 Å². The number of hydrogen-bond acceptors (Lipinski definition) is 3. The molecule has 0 radical (unpaired) electrons. The zero-order valence-corrected chi connectivity index (χ0v) is 11.2. The van der Waals surface area contributed by atoms with Gasteiger partial charge in [0.05, 0.1) is 18.2 Å². The Balaban J connectivity index is 1.96. The van der Waals surface area contributed by atoms with Crippen molar-refractivity contribution in [1.29, 1.82) is 0 Å². The van der Waals surface area contributed by atoms with Crippen LogP contribution < -0.4 is 5.73 Å². The Bertz CT molecular complexity index is 703. The summed E-state index contributed by atoms with van der Waals surface area (Å²) in [7, 11) is 1.37. The van der Waals surface area contributed by atoms with Gasteiger partial charge in [0.25, 0.3) is 5.84 Å². The van der Waals surface area contributed by atoms with Gasteiger partial charge in [-0.25, -0.2) is 9.37 Å². The molecular formula is C16H15N2O2+. The summed E-state index contributed by atoms with van der Waals surface area (Å²) in [4.78, 5) is 11.4. The number of benzene rings is 2. The van der Waals surface area contributed by atoms with Crippen LogP contribution in [-0.2, 0) is 11.3 Å². The number of amidine groups is 1. The zero-order valence-electron chi connectivity index (χ0n) is 11.2. The molecule has 20 heavy (non-hydrogen) atoms. The van der Waals surface area contributed by atoms with Crippen LogP contribution in [-0.4, -0.2) is 23.5 Å². The molecule has 0 atom stereocenters. The molecule has 0 unspecified atom stereocenters. The number of nitrogens with two attached hydrogens (primary N) is 1. The van der Waals surface area contributed by atoms with Crippen LogP contribution in [0.15, 0.2) is 48.5 Å². The van der Waals surface area contributed by atoms with Gasteiger partial charge in [-0.15, -0.1) is 0 Å². The van der Waals surface area contributed by atoms with Gasteiger partial charge >= 0.3 is 5.97 Å². The molecule has 4 heteroatoms. The number of esters is 1. The third kappa shape index (κ3) is 1.95. The van der Waals surface area contributed by atoms with Crippen LogP contribution in [0.2, 0.25) is 0 Å². The number of rotatable bonds is 2. The van der Waals surface area contributed by atoms with Crippen molar-refractivity contribution < 1.29 is 14.1 Å². The van der Waals surface area contributed by atoms with E-state index in [-0.39, 0.29) is 5.97 Å². The van der Waals surface area contributed by atoms with Crippen molar-refractivity contribution in [3.8, 4) is 0 Å². The third-order valence-corrected chi connectivity index (χ3v) is 3.51. The Morgan fingerprint density at radius 1 is 1.15 bits per heavy atom. The lowest BCUT2D eigenvalue weighted by molar-refractivity contribution is -0.453. The molecule has 1 heterocycles. The summed E-state index contributed by atoms with van der Waals surface area (Å²) < 4.78 is 6.72. The topological polar surface area (TPSA) is 55.3 Å². The molecule has 0 aromatic heterocycles. The number of fused-ring (bicyclic) bond motifs is 1. The molecule has 0 fully saturated rings. The smallest absolute Gasteiger partial charge is 0.337 e. The molecule has 0 saturated heterocycles. The lowest BCUT2D eigenvalue weighted by atomic mass is 10.1. The van der Waals surface area contributed by atoms with Crippen molar-refractivity contribution in [1.82, 2.24) is 0 Å². The van der Waals surface area contributed by atoms with E-state index in [9.17, 15) is 4.79 Å². The highest BCUT2D eigenvalue weighted by Crippen LogP contribution is 2.24. The fraction of sp³-hybridized carbons (Fsp3) is 0.125. The number of carbonyl (C=O) groups is 1. The predicted molar refractivity (Wildman–Crippen MR) is 76.1 cm³/mol. The van der Waals surface area contributed by atoms with Crippen molar-refractivity contribution in [2.75, 3.05) is 7.11 Å². The minimum atomic E-state index is -0.335. The van der Waals surface area contributed by atoms with Crippen LogP contribution in [0.1, 0.15) is 21.5 Å². The van der Waals surface area contributed by atoms with E-state index in [0.717, 1.165) is 23.6 Å². The van der Waals surface area contributed by atoms with Crippen LogP contribution in [0.25, 0.3) is 0 Å². The van der Waals surface area contributed by atoms with E-state index >= 15 is 0 Å². The molecule has 1 aliphatic rings. The summed E-state index contributed by atoms with van der Waals surface area (Å²) in [5.41, 5.74) is 9.98. The van der Waals surface area contributed by atoms with E-state index in [0.29, 0.717) is 5.56 Å². The predicted octanol–water partition coefficient (Wildman–Crippen LogP) is 2.04. The first-order chi connectivity index (χ1) is 9.70. The molecule has 0 aliphatic carbocycles. The van der Waals surface area contributed by atoms with Gasteiger partial charge in [-0.1, -0.05) is 18.2 Å². The van der Waals surface area contributed by atoms with Crippen molar-refractivity contribution >= 4 is 17.5 Å². The van der Waals surface area contributed by atoms with Crippen LogP contribution >= 0.6 is 0 Å². The largest absolute Gasteiger partial charge is 0.465 e. The molecule has 3 rings (SSSR count). The van der Waals surface area contributed by atoms with Gasteiger partial charge in [-0.05, 0) is 30.3 Å². The first kappa shape index (κ1) is 12.4. The minimum absolute atomic E-state index is 0.335. The standard InChI is InChI=1S/C16H14N2O2/c1-20-16(19)11-6-8-13(9-7-11)18-10-12-4-2-3-5-14(12)15(18)17/h2-9,17H,10H2,1H3/p+1. The van der Waals surface area contributed by atoms with Crippen LogP contribution in [0.4, 0.5) is 5.69 Å². The fourth-order valence-electron chi connectivity index (χ4n) is 2.43. The Morgan fingerprint density at radius 2 is 1.85 bits per heavy atom. The normalized spacial score (nSPS) is 13.2. The maximum Gasteiger partial charge on any atom is 0.337 e. The maximum atomic E-state index is 11.4. The van der Waals surface area contributed by atoms with Crippen molar-refractivity contribution in [3.05, 3.63) is 65.2 Å². The molecule has 0 saturated carbocycles. The first-order valence-electron chi connectivity index (χ1n) is 6.37. The van der Waals surface area contributed by atoms with Crippen LogP contribution in [0, 0.1) is 0 Å². The van der Waals surface area contributed by atoms with Gasteiger partial charge in [0.15, 0.2) is 0 Å². The average molecular weight is 267 g/mol. The van der Waals surface area contributed by atoms with Gasteiger partial charge < -0.3 is 4.74 Å². The van der Waals surface area contributed by atoms with E-state index in [2.05, 4.69) is 6.07 Å². The van der Waals surface area contributed by atoms with E-state index < -0.39 is 0 Å². The molecule has 0 spiro atoms. The summed E-state index contributed by atoms with van der Waals surface area (Å²) in [5, 5.41) is 0. The van der Waals surface area contributed by atoms with Crippen molar-refractivity contribution in [2.24, 2.45) is 5.73 Å². The fourth-order valence-corrected chi connectivity index (χ4v) is 2.43. The second-order valence-corrected chi connectivity index (χ2v) is 4.67. The summed E-state index contributed by atoms with van der Waals surface area (Å²) in [5.74, 6) is 0.407. The Labute approximate surface area is 117 Å². The summed E-state index contributed by atoms with van der Waals surface area (Å²) >= 11 is 0. The summed E-state index contributed by atoms with van der Waals surface area (Å²) in [6, 6.07) is 15.3. The van der Waals surface area contributed by atoms with Crippen molar-refractivity contribution in [2.45, 2.75) is 6.54 Å². The molecule has 2 aromatic carbocycles. The summed E-state index contributed by atoms with van der Waals surface area (Å²) in [6.07, 6.45) is 0. The van der Waals surface area contributed by atoms with Gasteiger partial charge in [0.1, 0.15) is 12.2 Å². The zero-order chi connectivity index (χ0) is 14.1. The number of hydrogen-bond donors (Lipinski definition) is 1.